The van der Waals surface area contributed by atoms with E-state index in [2.05, 4.69) is 16.3 Å². The van der Waals surface area contributed by atoms with E-state index in [9.17, 15) is 0 Å². The molecule has 1 aromatic heterocycles. The predicted octanol–water partition coefficient (Wildman–Crippen LogP) is 4.38. The molecule has 0 radical (unpaired) electrons. The van der Waals surface area contributed by atoms with Crippen LogP contribution in [0.2, 0.25) is 0 Å². The first-order valence-corrected chi connectivity index (χ1v) is 7.97. The number of nitrogens with zero attached hydrogens (tertiary/aromatic N) is 2. The maximum Gasteiger partial charge on any atom is 0.254 e. The third kappa shape index (κ3) is 3.77. The maximum absolute atomic E-state index is 5.74. The Morgan fingerprint density at radius 2 is 1.28 bits per heavy atom. The molecule has 0 N–H and O–H groups in total. The molecule has 0 saturated heterocycles. The summed E-state index contributed by atoms with van der Waals surface area (Å²) in [6, 6.07) is 23.6. The molecule has 0 aliphatic heterocycles. The zero-order valence-electron chi connectivity index (χ0n) is 13.5. The zero-order chi connectivity index (χ0) is 16.9. The predicted molar refractivity (Wildman–Crippen MR) is 93.4 cm³/mol. The molecule has 0 amide bonds. The van der Waals surface area contributed by atoms with E-state index in [0.29, 0.717) is 11.8 Å². The van der Waals surface area contributed by atoms with Gasteiger partial charge in [-0.15, -0.1) is 10.2 Å². The van der Waals surface area contributed by atoms with Crippen molar-refractivity contribution in [1.82, 2.24) is 10.2 Å². The maximum atomic E-state index is 5.74. The fraction of sp³-hybridized carbons (Fsp3) is 0.100. The largest absolute Gasteiger partial charge is 0.484 e. The van der Waals surface area contributed by atoms with Gasteiger partial charge in [0.15, 0.2) is 13.2 Å². The Balaban J connectivity index is 1.35. The highest BCUT2D eigenvalue weighted by molar-refractivity contribution is 5.83. The molecule has 1 heterocycles. The van der Waals surface area contributed by atoms with Gasteiger partial charge in [0, 0.05) is 0 Å². The van der Waals surface area contributed by atoms with Gasteiger partial charge in [0.25, 0.3) is 11.8 Å². The van der Waals surface area contributed by atoms with Crippen molar-refractivity contribution in [1.29, 1.82) is 0 Å². The summed E-state index contributed by atoms with van der Waals surface area (Å²) in [6.45, 7) is 0.448. The lowest BCUT2D eigenvalue weighted by Gasteiger charge is -2.05. The van der Waals surface area contributed by atoms with Crippen LogP contribution < -0.4 is 9.47 Å². The van der Waals surface area contributed by atoms with Gasteiger partial charge in [-0.25, -0.2) is 0 Å². The molecule has 4 aromatic rings. The second-order valence-corrected chi connectivity index (χ2v) is 5.49. The molecule has 0 fully saturated rings. The van der Waals surface area contributed by atoms with Crippen LogP contribution in [0.3, 0.4) is 0 Å². The molecule has 124 valence electrons. The topological polar surface area (TPSA) is 57.4 Å². The Kier molecular flexibility index (Phi) is 4.29. The van der Waals surface area contributed by atoms with E-state index in [0.717, 1.165) is 16.9 Å². The van der Waals surface area contributed by atoms with E-state index in [4.69, 9.17) is 13.9 Å². The molecule has 0 saturated carbocycles. The number of aromatic nitrogens is 2. The van der Waals surface area contributed by atoms with E-state index < -0.39 is 0 Å². The highest BCUT2D eigenvalue weighted by Gasteiger charge is 2.08. The summed E-state index contributed by atoms with van der Waals surface area (Å²) in [6.07, 6.45) is 0. The Morgan fingerprint density at radius 1 is 0.640 bits per heavy atom. The summed E-state index contributed by atoms with van der Waals surface area (Å²) >= 11 is 0. The lowest BCUT2D eigenvalue weighted by Crippen LogP contribution is -1.96. The monoisotopic (exact) mass is 332 g/mol. The molecule has 0 unspecified atom stereocenters. The van der Waals surface area contributed by atoms with Gasteiger partial charge in [-0.2, -0.15) is 0 Å². The minimum atomic E-state index is 0.219. The molecule has 0 atom stereocenters. The summed E-state index contributed by atoms with van der Waals surface area (Å²) in [4.78, 5) is 0. The summed E-state index contributed by atoms with van der Waals surface area (Å²) in [5.41, 5.74) is 0. The molecular formula is C20H16N2O3. The number of ether oxygens (including phenoxy) is 2. The third-order valence-corrected chi connectivity index (χ3v) is 3.70. The molecule has 5 heteroatoms. The summed E-state index contributed by atoms with van der Waals surface area (Å²) in [5.74, 6) is 2.36. The Labute approximate surface area is 144 Å². The number of para-hydroxylation sites is 1. The fourth-order valence-corrected chi connectivity index (χ4v) is 2.47. The van der Waals surface area contributed by atoms with Gasteiger partial charge in [0.2, 0.25) is 0 Å². The molecule has 0 aliphatic rings. The minimum absolute atomic E-state index is 0.219. The second-order valence-electron chi connectivity index (χ2n) is 5.49. The molecular weight excluding hydrogens is 316 g/mol. The van der Waals surface area contributed by atoms with Gasteiger partial charge in [-0.1, -0.05) is 48.5 Å². The van der Waals surface area contributed by atoms with Crippen LogP contribution in [0.15, 0.2) is 77.2 Å². The van der Waals surface area contributed by atoms with Gasteiger partial charge < -0.3 is 13.9 Å². The number of hydrogen-bond donors (Lipinski definition) is 0. The van der Waals surface area contributed by atoms with E-state index in [1.165, 1.54) is 5.39 Å². The van der Waals surface area contributed by atoms with Crippen molar-refractivity contribution in [3.8, 4) is 11.5 Å². The average molecular weight is 332 g/mol. The summed E-state index contributed by atoms with van der Waals surface area (Å²) in [7, 11) is 0. The van der Waals surface area contributed by atoms with Crippen LogP contribution in [-0.2, 0) is 13.2 Å². The second kappa shape index (κ2) is 7.05. The smallest absolute Gasteiger partial charge is 0.254 e. The molecule has 0 spiro atoms. The molecule has 0 bridgehead atoms. The lowest BCUT2D eigenvalue weighted by molar-refractivity contribution is 0.232. The summed E-state index contributed by atoms with van der Waals surface area (Å²) in [5, 5.41) is 10.3. The first kappa shape index (κ1) is 15.2. The van der Waals surface area contributed by atoms with Crippen LogP contribution in [-0.4, -0.2) is 10.2 Å². The molecule has 0 aliphatic carbocycles. The van der Waals surface area contributed by atoms with Crippen LogP contribution >= 0.6 is 0 Å². The van der Waals surface area contributed by atoms with Crippen molar-refractivity contribution in [2.24, 2.45) is 0 Å². The van der Waals surface area contributed by atoms with Crippen molar-refractivity contribution in [2.75, 3.05) is 0 Å². The highest BCUT2D eigenvalue weighted by atomic mass is 16.5. The minimum Gasteiger partial charge on any atom is -0.484 e. The van der Waals surface area contributed by atoms with E-state index in [1.807, 2.05) is 66.7 Å². The zero-order valence-corrected chi connectivity index (χ0v) is 13.5. The summed E-state index contributed by atoms with van der Waals surface area (Å²) < 4.78 is 16.9. The Hall–Kier alpha value is -3.34. The SMILES string of the molecule is c1ccc(OCc2nnc(COc3ccc4ccccc4c3)o2)cc1. The molecule has 25 heavy (non-hydrogen) atoms. The van der Waals surface area contributed by atoms with E-state index in [1.54, 1.807) is 0 Å². The molecule has 3 aromatic carbocycles. The van der Waals surface area contributed by atoms with Crippen LogP contribution in [0.4, 0.5) is 0 Å². The molecule has 5 nitrogen and oxygen atoms in total. The average Bonchev–Trinajstić information content (AvgIpc) is 3.13. The fourth-order valence-electron chi connectivity index (χ4n) is 2.47. The number of hydrogen-bond acceptors (Lipinski definition) is 5. The van der Waals surface area contributed by atoms with Crippen molar-refractivity contribution in [2.45, 2.75) is 13.2 Å². The Morgan fingerprint density at radius 3 is 2.04 bits per heavy atom. The lowest BCUT2D eigenvalue weighted by atomic mass is 10.1. The van der Waals surface area contributed by atoms with Crippen molar-refractivity contribution in [3.05, 3.63) is 84.6 Å². The van der Waals surface area contributed by atoms with Crippen LogP contribution in [0, 0.1) is 0 Å². The van der Waals surface area contributed by atoms with E-state index in [-0.39, 0.29) is 13.2 Å². The number of benzene rings is 3. The van der Waals surface area contributed by atoms with Gasteiger partial charge in [0.1, 0.15) is 11.5 Å². The van der Waals surface area contributed by atoms with Gasteiger partial charge >= 0.3 is 0 Å². The standard InChI is InChI=1S/C20H16N2O3/c1-2-8-17(9-3-1)23-13-19-21-22-20(25-19)14-24-18-11-10-15-6-4-5-7-16(15)12-18/h1-12H,13-14H2. The van der Waals surface area contributed by atoms with Gasteiger partial charge in [0.05, 0.1) is 0 Å². The van der Waals surface area contributed by atoms with Crippen molar-refractivity contribution in [3.63, 3.8) is 0 Å². The molecule has 4 rings (SSSR count). The Bertz CT molecular complexity index is 967. The van der Waals surface area contributed by atoms with Crippen LogP contribution in [0.25, 0.3) is 10.8 Å². The van der Waals surface area contributed by atoms with Crippen molar-refractivity contribution >= 4 is 10.8 Å². The first-order chi connectivity index (χ1) is 12.4. The van der Waals surface area contributed by atoms with Gasteiger partial charge in [-0.3, -0.25) is 0 Å². The van der Waals surface area contributed by atoms with Gasteiger partial charge in [-0.05, 0) is 35.0 Å². The van der Waals surface area contributed by atoms with Crippen LogP contribution in [0.1, 0.15) is 11.8 Å². The van der Waals surface area contributed by atoms with Crippen LogP contribution in [0.5, 0.6) is 11.5 Å². The van der Waals surface area contributed by atoms with Crippen molar-refractivity contribution < 1.29 is 13.9 Å². The normalized spacial score (nSPS) is 10.7. The quantitative estimate of drug-likeness (QED) is 0.524. The number of fused-ring (bicyclic) bond motifs is 1. The highest BCUT2D eigenvalue weighted by Crippen LogP contribution is 2.21. The first-order valence-electron chi connectivity index (χ1n) is 7.97. The number of rotatable bonds is 6. The third-order valence-electron chi connectivity index (χ3n) is 3.70. The van der Waals surface area contributed by atoms with E-state index >= 15 is 0 Å².